The molecule has 5 nitrogen and oxygen atoms in total. The van der Waals surface area contributed by atoms with Crippen LogP contribution in [0.1, 0.15) is 24.8 Å². The van der Waals surface area contributed by atoms with E-state index in [4.69, 9.17) is 16.3 Å². The van der Waals surface area contributed by atoms with Crippen LogP contribution in [-0.2, 0) is 11.3 Å². The van der Waals surface area contributed by atoms with Crippen LogP contribution in [0, 0.1) is 0 Å². The van der Waals surface area contributed by atoms with Gasteiger partial charge in [0, 0.05) is 37.8 Å². The predicted octanol–water partition coefficient (Wildman–Crippen LogP) is 2.98. The van der Waals surface area contributed by atoms with Gasteiger partial charge in [-0.25, -0.2) is 4.79 Å². The van der Waals surface area contributed by atoms with E-state index in [9.17, 15) is 4.79 Å². The molecule has 1 aromatic carbocycles. The number of nitrogens with zero attached hydrogens (tertiary/aromatic N) is 2. The Hall–Kier alpha value is -1.30. The van der Waals surface area contributed by atoms with E-state index in [0.29, 0.717) is 37.3 Å². The van der Waals surface area contributed by atoms with Crippen molar-refractivity contribution in [1.82, 2.24) is 15.1 Å². The van der Waals surface area contributed by atoms with Crippen LogP contribution >= 0.6 is 11.6 Å². The molecule has 2 amide bonds. The van der Waals surface area contributed by atoms with Crippen molar-refractivity contribution in [3.8, 4) is 0 Å². The van der Waals surface area contributed by atoms with Crippen molar-refractivity contribution in [2.24, 2.45) is 0 Å². The molecule has 1 fully saturated rings. The minimum Gasteiger partial charge on any atom is -0.383 e. The number of rotatable bonds is 8. The highest BCUT2D eigenvalue weighted by Gasteiger charge is 2.21. The maximum Gasteiger partial charge on any atom is 0.317 e. The molecule has 0 spiro atoms. The van der Waals surface area contributed by atoms with Gasteiger partial charge >= 0.3 is 6.03 Å². The summed E-state index contributed by atoms with van der Waals surface area (Å²) < 4.78 is 5.13. The van der Waals surface area contributed by atoms with Gasteiger partial charge in [-0.05, 0) is 44.5 Å². The Bertz CT molecular complexity index is 527. The first kappa shape index (κ1) is 19.0. The van der Waals surface area contributed by atoms with E-state index in [2.05, 4.69) is 17.3 Å². The highest BCUT2D eigenvalue weighted by molar-refractivity contribution is 6.31. The molecule has 0 saturated carbocycles. The minimum absolute atomic E-state index is 0.0624. The van der Waals surface area contributed by atoms with E-state index in [1.807, 2.05) is 24.3 Å². The highest BCUT2D eigenvalue weighted by atomic mass is 35.5. The van der Waals surface area contributed by atoms with Crippen molar-refractivity contribution in [3.05, 3.63) is 34.9 Å². The van der Waals surface area contributed by atoms with Gasteiger partial charge in [0.1, 0.15) is 0 Å². The number of carbonyl (C=O) groups is 1. The zero-order valence-electron chi connectivity index (χ0n) is 14.6. The third-order valence-electron chi connectivity index (χ3n) is 4.60. The Morgan fingerprint density at radius 3 is 2.92 bits per heavy atom. The number of methoxy groups -OCH3 is 1. The largest absolute Gasteiger partial charge is 0.383 e. The van der Waals surface area contributed by atoms with E-state index in [1.165, 1.54) is 12.8 Å². The molecule has 1 aliphatic rings. The van der Waals surface area contributed by atoms with Gasteiger partial charge in [0.15, 0.2) is 0 Å². The van der Waals surface area contributed by atoms with E-state index in [0.717, 1.165) is 18.5 Å². The number of likely N-dealkylation sites (tertiary alicyclic amines) is 1. The molecule has 0 bridgehead atoms. The number of benzene rings is 1. The fourth-order valence-corrected chi connectivity index (χ4v) is 3.28. The van der Waals surface area contributed by atoms with Crippen LogP contribution in [0.15, 0.2) is 24.3 Å². The van der Waals surface area contributed by atoms with Crippen molar-refractivity contribution in [2.45, 2.75) is 31.8 Å². The lowest BCUT2D eigenvalue weighted by atomic mass is 10.1. The lowest BCUT2D eigenvalue weighted by Gasteiger charge is -2.24. The second-order valence-electron chi connectivity index (χ2n) is 6.30. The van der Waals surface area contributed by atoms with Gasteiger partial charge in [0.05, 0.1) is 6.61 Å². The van der Waals surface area contributed by atoms with Crippen LogP contribution in [-0.4, -0.2) is 62.3 Å². The van der Waals surface area contributed by atoms with Crippen molar-refractivity contribution in [2.75, 3.05) is 40.4 Å². The minimum atomic E-state index is -0.0624. The van der Waals surface area contributed by atoms with Crippen molar-refractivity contribution in [3.63, 3.8) is 0 Å². The molecule has 1 N–H and O–H groups in total. The number of ether oxygens (including phenoxy) is 1. The second kappa shape index (κ2) is 9.87. The summed E-state index contributed by atoms with van der Waals surface area (Å²) in [7, 11) is 3.79. The molecule has 6 heteroatoms. The van der Waals surface area contributed by atoms with Gasteiger partial charge < -0.3 is 19.9 Å². The van der Waals surface area contributed by atoms with Gasteiger partial charge in [-0.15, -0.1) is 0 Å². The smallest absolute Gasteiger partial charge is 0.317 e. The number of urea groups is 1. The zero-order chi connectivity index (χ0) is 17.4. The summed E-state index contributed by atoms with van der Waals surface area (Å²) in [5.41, 5.74) is 0.945. The molecule has 2 rings (SSSR count). The number of hydrogen-bond acceptors (Lipinski definition) is 3. The second-order valence-corrected chi connectivity index (χ2v) is 6.71. The number of hydrogen-bond donors (Lipinski definition) is 1. The molecule has 0 radical (unpaired) electrons. The van der Waals surface area contributed by atoms with Crippen LogP contribution in [0.3, 0.4) is 0 Å². The first-order valence-corrected chi connectivity index (χ1v) is 8.95. The van der Waals surface area contributed by atoms with Crippen molar-refractivity contribution >= 4 is 17.6 Å². The van der Waals surface area contributed by atoms with Crippen LogP contribution in [0.2, 0.25) is 5.02 Å². The molecule has 1 saturated heterocycles. The van der Waals surface area contributed by atoms with Gasteiger partial charge in [-0.2, -0.15) is 0 Å². The monoisotopic (exact) mass is 353 g/mol. The van der Waals surface area contributed by atoms with Crippen LogP contribution in [0.4, 0.5) is 4.79 Å². The standard InChI is InChI=1S/C18H28ClN3O2/c1-21-11-5-7-16(21)9-10-20-18(23)22(12-13-24-2)14-15-6-3-4-8-17(15)19/h3-4,6,8,16H,5,7,9-14H2,1-2H3,(H,20,23)/t16-/m0/s1. The molecule has 1 aliphatic heterocycles. The Kier molecular flexibility index (Phi) is 7.82. The molecular formula is C18H28ClN3O2. The Morgan fingerprint density at radius 2 is 2.25 bits per heavy atom. The summed E-state index contributed by atoms with van der Waals surface area (Å²) in [4.78, 5) is 16.6. The van der Waals surface area contributed by atoms with Crippen LogP contribution in [0.25, 0.3) is 0 Å². The molecular weight excluding hydrogens is 326 g/mol. The molecule has 24 heavy (non-hydrogen) atoms. The zero-order valence-corrected chi connectivity index (χ0v) is 15.4. The summed E-state index contributed by atoms with van der Waals surface area (Å²) in [5.74, 6) is 0. The average Bonchev–Trinajstić information content (AvgIpc) is 2.98. The number of amides is 2. The number of halogens is 1. The lowest BCUT2D eigenvalue weighted by Crippen LogP contribution is -2.42. The normalized spacial score (nSPS) is 17.9. The Labute approximate surface area is 149 Å². The molecule has 0 unspecified atom stereocenters. The summed E-state index contributed by atoms with van der Waals surface area (Å²) in [5, 5.41) is 3.72. The average molecular weight is 354 g/mol. The highest BCUT2D eigenvalue weighted by Crippen LogP contribution is 2.18. The van der Waals surface area contributed by atoms with Gasteiger partial charge in [0.25, 0.3) is 0 Å². The van der Waals surface area contributed by atoms with Crippen LogP contribution in [0.5, 0.6) is 0 Å². The number of carbonyl (C=O) groups excluding carboxylic acids is 1. The Morgan fingerprint density at radius 1 is 1.46 bits per heavy atom. The van der Waals surface area contributed by atoms with Gasteiger partial charge in [-0.1, -0.05) is 29.8 Å². The molecule has 1 aromatic rings. The first-order valence-electron chi connectivity index (χ1n) is 8.57. The van der Waals surface area contributed by atoms with E-state index in [1.54, 1.807) is 12.0 Å². The summed E-state index contributed by atoms with van der Waals surface area (Å²) in [6, 6.07) is 8.14. The summed E-state index contributed by atoms with van der Waals surface area (Å²) in [6.45, 7) is 3.38. The third-order valence-corrected chi connectivity index (χ3v) is 4.97. The molecule has 0 aliphatic carbocycles. The summed E-state index contributed by atoms with van der Waals surface area (Å²) in [6.07, 6.45) is 3.47. The van der Waals surface area contributed by atoms with E-state index >= 15 is 0 Å². The van der Waals surface area contributed by atoms with Gasteiger partial charge in [-0.3, -0.25) is 0 Å². The van der Waals surface area contributed by atoms with Crippen LogP contribution < -0.4 is 5.32 Å². The Balaban J connectivity index is 1.86. The number of nitrogens with one attached hydrogen (secondary N) is 1. The molecule has 1 atom stereocenters. The van der Waals surface area contributed by atoms with E-state index < -0.39 is 0 Å². The lowest BCUT2D eigenvalue weighted by molar-refractivity contribution is 0.146. The first-order chi connectivity index (χ1) is 11.6. The maximum absolute atomic E-state index is 12.5. The quantitative estimate of drug-likeness (QED) is 0.781. The van der Waals surface area contributed by atoms with Gasteiger partial charge in [0.2, 0.25) is 0 Å². The predicted molar refractivity (Wildman–Crippen MR) is 97.4 cm³/mol. The maximum atomic E-state index is 12.5. The fourth-order valence-electron chi connectivity index (χ4n) is 3.09. The molecule has 1 heterocycles. The summed E-state index contributed by atoms with van der Waals surface area (Å²) >= 11 is 6.22. The fraction of sp³-hybridized carbons (Fsp3) is 0.611. The molecule has 0 aromatic heterocycles. The SMILES string of the molecule is COCCN(Cc1ccccc1Cl)C(=O)NCC[C@@H]1CCCN1C. The third kappa shape index (κ3) is 5.65. The van der Waals surface area contributed by atoms with Crippen molar-refractivity contribution in [1.29, 1.82) is 0 Å². The molecule has 134 valence electrons. The van der Waals surface area contributed by atoms with E-state index in [-0.39, 0.29) is 6.03 Å². The van der Waals surface area contributed by atoms with Crippen molar-refractivity contribution < 1.29 is 9.53 Å². The topological polar surface area (TPSA) is 44.8 Å².